The van der Waals surface area contributed by atoms with E-state index in [2.05, 4.69) is 20.7 Å². The third kappa shape index (κ3) is 3.16. The van der Waals surface area contributed by atoms with Gasteiger partial charge >= 0.3 is 0 Å². The summed E-state index contributed by atoms with van der Waals surface area (Å²) in [4.78, 5) is 11.4. The number of rotatable bonds is 3. The maximum Gasteiger partial charge on any atom is 0.225 e. The van der Waals surface area contributed by atoms with Crippen molar-refractivity contribution in [1.82, 2.24) is 20.7 Å². The van der Waals surface area contributed by atoms with E-state index in [0.29, 0.717) is 13.0 Å². The minimum atomic E-state index is -0.330. The van der Waals surface area contributed by atoms with Crippen LogP contribution in [0.4, 0.5) is 0 Å². The Bertz CT molecular complexity index is 286. The first-order valence-corrected chi connectivity index (χ1v) is 4.63. The van der Waals surface area contributed by atoms with E-state index in [-0.39, 0.29) is 11.3 Å². The SMILES string of the molecule is CC(C)(C)C(=O)NCCc1cn[nH]n1. The summed E-state index contributed by atoms with van der Waals surface area (Å²) >= 11 is 0. The van der Waals surface area contributed by atoms with Crippen LogP contribution >= 0.6 is 0 Å². The lowest BCUT2D eigenvalue weighted by molar-refractivity contribution is -0.128. The maximum absolute atomic E-state index is 11.4. The van der Waals surface area contributed by atoms with Gasteiger partial charge in [-0.25, -0.2) is 0 Å². The van der Waals surface area contributed by atoms with Crippen LogP contribution in [0.5, 0.6) is 0 Å². The minimum absolute atomic E-state index is 0.0565. The molecule has 1 aromatic heterocycles. The third-order valence-electron chi connectivity index (χ3n) is 1.81. The molecular weight excluding hydrogens is 180 g/mol. The second kappa shape index (κ2) is 4.21. The quantitative estimate of drug-likeness (QED) is 0.740. The molecular formula is C9H16N4O. The average Bonchev–Trinajstić information content (AvgIpc) is 2.55. The number of nitrogens with zero attached hydrogens (tertiary/aromatic N) is 2. The van der Waals surface area contributed by atoms with Gasteiger partial charge in [-0.1, -0.05) is 20.8 Å². The van der Waals surface area contributed by atoms with E-state index in [1.54, 1.807) is 6.20 Å². The lowest BCUT2D eigenvalue weighted by Crippen LogP contribution is -2.35. The Hall–Kier alpha value is -1.39. The molecule has 1 rings (SSSR count). The fraction of sp³-hybridized carbons (Fsp3) is 0.667. The fourth-order valence-electron chi connectivity index (χ4n) is 0.915. The molecule has 0 aliphatic carbocycles. The number of hydrogen-bond donors (Lipinski definition) is 2. The van der Waals surface area contributed by atoms with Gasteiger partial charge in [0.25, 0.3) is 0 Å². The molecule has 0 bridgehead atoms. The Morgan fingerprint density at radius 3 is 2.79 bits per heavy atom. The van der Waals surface area contributed by atoms with Gasteiger partial charge in [-0.3, -0.25) is 4.79 Å². The van der Waals surface area contributed by atoms with E-state index in [4.69, 9.17) is 0 Å². The summed E-state index contributed by atoms with van der Waals surface area (Å²) in [5.41, 5.74) is 0.531. The van der Waals surface area contributed by atoms with Gasteiger partial charge in [-0.15, -0.1) is 0 Å². The van der Waals surface area contributed by atoms with E-state index in [1.807, 2.05) is 20.8 Å². The van der Waals surface area contributed by atoms with Gasteiger partial charge in [-0.05, 0) is 0 Å². The third-order valence-corrected chi connectivity index (χ3v) is 1.81. The summed E-state index contributed by atoms with van der Waals surface area (Å²) < 4.78 is 0. The second-order valence-electron chi connectivity index (χ2n) is 4.22. The van der Waals surface area contributed by atoms with Crippen LogP contribution in [0.3, 0.4) is 0 Å². The number of aromatic nitrogens is 3. The van der Waals surface area contributed by atoms with E-state index < -0.39 is 0 Å². The molecule has 5 heteroatoms. The van der Waals surface area contributed by atoms with Crippen LogP contribution in [-0.2, 0) is 11.2 Å². The number of H-pyrrole nitrogens is 1. The Labute approximate surface area is 83.3 Å². The van der Waals surface area contributed by atoms with Crippen LogP contribution < -0.4 is 5.32 Å². The molecule has 78 valence electrons. The molecule has 1 amide bonds. The summed E-state index contributed by atoms with van der Waals surface area (Å²) in [6.45, 7) is 6.26. The highest BCUT2D eigenvalue weighted by Gasteiger charge is 2.20. The zero-order chi connectivity index (χ0) is 10.6. The highest BCUT2D eigenvalue weighted by Crippen LogP contribution is 2.11. The molecule has 0 unspecified atom stereocenters. The molecule has 1 heterocycles. The number of aromatic amines is 1. The molecule has 2 N–H and O–H groups in total. The summed E-state index contributed by atoms with van der Waals surface area (Å²) in [6.07, 6.45) is 2.36. The number of carbonyl (C=O) groups is 1. The summed E-state index contributed by atoms with van der Waals surface area (Å²) in [5.74, 6) is 0.0565. The second-order valence-corrected chi connectivity index (χ2v) is 4.22. The van der Waals surface area contributed by atoms with Crippen molar-refractivity contribution in [3.05, 3.63) is 11.9 Å². The highest BCUT2D eigenvalue weighted by molar-refractivity contribution is 5.81. The first-order valence-electron chi connectivity index (χ1n) is 4.63. The molecule has 0 aliphatic rings. The van der Waals surface area contributed by atoms with Crippen LogP contribution in [0.1, 0.15) is 26.5 Å². The first kappa shape index (κ1) is 10.7. The molecule has 0 aromatic carbocycles. The number of amides is 1. The normalized spacial score (nSPS) is 11.4. The van der Waals surface area contributed by atoms with Crippen LogP contribution in [0.2, 0.25) is 0 Å². The van der Waals surface area contributed by atoms with Crippen molar-refractivity contribution < 1.29 is 4.79 Å². The standard InChI is InChI=1S/C9H16N4O/c1-9(2,3)8(14)10-5-4-7-6-11-13-12-7/h6H,4-5H2,1-3H3,(H,10,14)(H,11,12,13). The largest absolute Gasteiger partial charge is 0.355 e. The minimum Gasteiger partial charge on any atom is -0.355 e. The maximum atomic E-state index is 11.4. The summed E-state index contributed by atoms with van der Waals surface area (Å²) in [7, 11) is 0. The molecule has 1 aromatic rings. The Morgan fingerprint density at radius 2 is 2.29 bits per heavy atom. The van der Waals surface area contributed by atoms with Crippen molar-refractivity contribution in [2.75, 3.05) is 6.54 Å². The molecule has 14 heavy (non-hydrogen) atoms. The smallest absolute Gasteiger partial charge is 0.225 e. The van der Waals surface area contributed by atoms with E-state index >= 15 is 0 Å². The molecule has 0 atom stereocenters. The zero-order valence-corrected chi connectivity index (χ0v) is 8.79. The highest BCUT2D eigenvalue weighted by atomic mass is 16.2. The summed E-state index contributed by atoms with van der Waals surface area (Å²) in [5, 5.41) is 12.9. The predicted molar refractivity (Wildman–Crippen MR) is 52.6 cm³/mol. The molecule has 0 spiro atoms. The van der Waals surface area contributed by atoms with Gasteiger partial charge in [0.1, 0.15) is 0 Å². The monoisotopic (exact) mass is 196 g/mol. The van der Waals surface area contributed by atoms with E-state index in [0.717, 1.165) is 5.69 Å². The molecule has 5 nitrogen and oxygen atoms in total. The van der Waals surface area contributed by atoms with Crippen molar-refractivity contribution in [2.24, 2.45) is 5.41 Å². The topological polar surface area (TPSA) is 70.7 Å². The molecule has 0 fully saturated rings. The van der Waals surface area contributed by atoms with Crippen molar-refractivity contribution in [3.8, 4) is 0 Å². The number of carbonyl (C=O) groups excluding carboxylic acids is 1. The fourth-order valence-corrected chi connectivity index (χ4v) is 0.915. The van der Waals surface area contributed by atoms with Gasteiger partial charge in [0.15, 0.2) is 0 Å². The summed E-state index contributed by atoms with van der Waals surface area (Å²) in [6, 6.07) is 0. The average molecular weight is 196 g/mol. The lowest BCUT2D eigenvalue weighted by atomic mass is 9.96. The van der Waals surface area contributed by atoms with E-state index in [1.165, 1.54) is 0 Å². The lowest BCUT2D eigenvalue weighted by Gasteiger charge is -2.17. The van der Waals surface area contributed by atoms with Crippen molar-refractivity contribution in [1.29, 1.82) is 0 Å². The van der Waals surface area contributed by atoms with Crippen LogP contribution in [0.25, 0.3) is 0 Å². The molecule has 0 saturated heterocycles. The predicted octanol–water partition coefficient (Wildman–Crippen LogP) is 0.509. The van der Waals surface area contributed by atoms with Crippen molar-refractivity contribution in [2.45, 2.75) is 27.2 Å². The van der Waals surface area contributed by atoms with Crippen LogP contribution in [0.15, 0.2) is 6.20 Å². The number of hydrogen-bond acceptors (Lipinski definition) is 3. The zero-order valence-electron chi connectivity index (χ0n) is 8.79. The van der Waals surface area contributed by atoms with Crippen molar-refractivity contribution >= 4 is 5.91 Å². The van der Waals surface area contributed by atoms with Crippen LogP contribution in [-0.4, -0.2) is 27.9 Å². The Kier molecular flexibility index (Phi) is 3.22. The molecule has 0 aliphatic heterocycles. The van der Waals surface area contributed by atoms with E-state index in [9.17, 15) is 4.79 Å². The Balaban J connectivity index is 2.26. The van der Waals surface area contributed by atoms with Crippen molar-refractivity contribution in [3.63, 3.8) is 0 Å². The molecule has 0 radical (unpaired) electrons. The van der Waals surface area contributed by atoms with Gasteiger partial charge in [0.05, 0.1) is 11.9 Å². The number of nitrogens with one attached hydrogen (secondary N) is 2. The van der Waals surface area contributed by atoms with Crippen LogP contribution in [0, 0.1) is 5.41 Å². The molecule has 0 saturated carbocycles. The first-order chi connectivity index (χ1) is 6.50. The van der Waals surface area contributed by atoms with Gasteiger partial charge in [0, 0.05) is 18.4 Å². The van der Waals surface area contributed by atoms with Gasteiger partial charge < -0.3 is 5.32 Å². The Morgan fingerprint density at radius 1 is 1.57 bits per heavy atom. The van der Waals surface area contributed by atoms with Gasteiger partial charge in [0.2, 0.25) is 5.91 Å². The van der Waals surface area contributed by atoms with Gasteiger partial charge in [-0.2, -0.15) is 15.4 Å².